The van der Waals surface area contributed by atoms with Crippen molar-refractivity contribution >= 4 is 17.1 Å². The first-order valence-corrected chi connectivity index (χ1v) is 11.9. The molecule has 3 aromatic rings. The number of fused-ring (bicyclic) bond motifs is 1. The summed E-state index contributed by atoms with van der Waals surface area (Å²) in [6.07, 6.45) is -2.02. The zero-order chi connectivity index (χ0) is 26.2. The lowest BCUT2D eigenvalue weighted by atomic mass is 9.94. The number of ether oxygens (including phenoxy) is 2. The van der Waals surface area contributed by atoms with Crippen LogP contribution in [0.4, 0.5) is 18.0 Å². The number of benzene rings is 1. The van der Waals surface area contributed by atoms with Crippen LogP contribution in [0.15, 0.2) is 30.5 Å². The van der Waals surface area contributed by atoms with Gasteiger partial charge in [0.2, 0.25) is 5.82 Å². The lowest BCUT2D eigenvalue weighted by Gasteiger charge is -2.29. The highest BCUT2D eigenvalue weighted by Crippen LogP contribution is 2.40. The number of amides is 1. The average Bonchev–Trinajstić information content (AvgIpc) is 3.25. The summed E-state index contributed by atoms with van der Waals surface area (Å²) in [6.45, 7) is 1.90. The SMILES string of the molecule is N#Cc1nc(-c2ccc(OCCC3CCN(C(=O)O)CC3)c(C(F)(F)F)c2)c2ccn(C3COC3)c2n1. The lowest BCUT2D eigenvalue weighted by molar-refractivity contribution is -0.138. The molecular formula is C25H24F3N5O4. The van der Waals surface area contributed by atoms with E-state index in [1.807, 2.05) is 10.6 Å². The van der Waals surface area contributed by atoms with E-state index in [0.717, 1.165) is 6.07 Å². The van der Waals surface area contributed by atoms with Gasteiger partial charge in [0.25, 0.3) is 0 Å². The molecule has 0 spiro atoms. The van der Waals surface area contributed by atoms with Crippen LogP contribution >= 0.6 is 0 Å². The molecule has 2 aliphatic heterocycles. The molecule has 37 heavy (non-hydrogen) atoms. The van der Waals surface area contributed by atoms with Crippen molar-refractivity contribution in [3.8, 4) is 23.1 Å². The summed E-state index contributed by atoms with van der Waals surface area (Å²) in [5, 5.41) is 19.0. The van der Waals surface area contributed by atoms with Crippen LogP contribution in [0.2, 0.25) is 0 Å². The summed E-state index contributed by atoms with van der Waals surface area (Å²) >= 11 is 0. The minimum absolute atomic E-state index is 0.0460. The summed E-state index contributed by atoms with van der Waals surface area (Å²) in [5.74, 6) is -0.229. The van der Waals surface area contributed by atoms with Crippen LogP contribution < -0.4 is 4.74 Å². The monoisotopic (exact) mass is 515 g/mol. The highest BCUT2D eigenvalue weighted by molar-refractivity contribution is 5.91. The molecule has 0 aliphatic carbocycles. The third-order valence-electron chi connectivity index (χ3n) is 6.91. The van der Waals surface area contributed by atoms with E-state index in [-0.39, 0.29) is 41.4 Å². The normalized spacial score (nSPS) is 17.0. The van der Waals surface area contributed by atoms with Crippen molar-refractivity contribution in [1.29, 1.82) is 5.26 Å². The summed E-state index contributed by atoms with van der Waals surface area (Å²) in [5.41, 5.74) is -0.0181. The Kier molecular flexibility index (Phi) is 6.64. The third kappa shape index (κ3) is 5.04. The van der Waals surface area contributed by atoms with Gasteiger partial charge in [0.05, 0.1) is 37.1 Å². The van der Waals surface area contributed by atoms with Crippen LogP contribution in [-0.2, 0) is 10.9 Å². The topological polar surface area (TPSA) is 114 Å². The van der Waals surface area contributed by atoms with Crippen molar-refractivity contribution in [3.05, 3.63) is 41.9 Å². The molecule has 2 saturated heterocycles. The molecule has 2 fully saturated rings. The second-order valence-corrected chi connectivity index (χ2v) is 9.22. The zero-order valence-electron chi connectivity index (χ0n) is 19.7. The van der Waals surface area contributed by atoms with Gasteiger partial charge in [0, 0.05) is 30.2 Å². The number of likely N-dealkylation sites (tertiary alicyclic amines) is 1. The summed E-state index contributed by atoms with van der Waals surface area (Å²) in [6, 6.07) is 7.45. The number of carbonyl (C=O) groups is 1. The van der Waals surface area contributed by atoms with Crippen LogP contribution in [0.1, 0.15) is 36.7 Å². The summed E-state index contributed by atoms with van der Waals surface area (Å²) in [4.78, 5) is 20.9. The van der Waals surface area contributed by atoms with Crippen molar-refractivity contribution in [1.82, 2.24) is 19.4 Å². The number of piperidine rings is 1. The fourth-order valence-corrected chi connectivity index (χ4v) is 4.76. The van der Waals surface area contributed by atoms with Crippen LogP contribution in [0.25, 0.3) is 22.3 Å². The van der Waals surface area contributed by atoms with E-state index in [4.69, 9.17) is 14.6 Å². The first kappa shape index (κ1) is 24.8. The molecule has 0 radical (unpaired) electrons. The van der Waals surface area contributed by atoms with E-state index in [2.05, 4.69) is 9.97 Å². The molecular weight excluding hydrogens is 491 g/mol. The first-order chi connectivity index (χ1) is 17.7. The molecule has 0 unspecified atom stereocenters. The van der Waals surface area contributed by atoms with Crippen LogP contribution in [0.5, 0.6) is 5.75 Å². The first-order valence-electron chi connectivity index (χ1n) is 11.9. The molecule has 12 heteroatoms. The molecule has 9 nitrogen and oxygen atoms in total. The van der Waals surface area contributed by atoms with Gasteiger partial charge in [-0.05, 0) is 49.4 Å². The second-order valence-electron chi connectivity index (χ2n) is 9.22. The predicted molar refractivity (Wildman–Crippen MR) is 125 cm³/mol. The Hall–Kier alpha value is -3.85. The maximum absolute atomic E-state index is 14.0. The van der Waals surface area contributed by atoms with E-state index >= 15 is 0 Å². The molecule has 0 saturated carbocycles. The Labute approximate surface area is 210 Å². The van der Waals surface area contributed by atoms with Crippen LogP contribution in [0.3, 0.4) is 0 Å². The Balaban J connectivity index is 1.39. The maximum atomic E-state index is 14.0. The fraction of sp³-hybridized carbons (Fsp3) is 0.440. The van der Waals surface area contributed by atoms with Crippen molar-refractivity contribution in [2.45, 2.75) is 31.5 Å². The number of carboxylic acid groups (broad SMARTS) is 1. The zero-order valence-corrected chi connectivity index (χ0v) is 19.7. The lowest BCUT2D eigenvalue weighted by Crippen LogP contribution is -2.37. The maximum Gasteiger partial charge on any atom is 0.419 e. The summed E-state index contributed by atoms with van der Waals surface area (Å²) < 4.78 is 54.7. The molecule has 4 heterocycles. The number of halogens is 3. The van der Waals surface area contributed by atoms with Gasteiger partial charge in [0.1, 0.15) is 17.5 Å². The predicted octanol–water partition coefficient (Wildman–Crippen LogP) is 4.72. The largest absolute Gasteiger partial charge is 0.493 e. The number of nitrogens with zero attached hydrogens (tertiary/aromatic N) is 5. The van der Waals surface area contributed by atoms with Gasteiger partial charge in [-0.1, -0.05) is 0 Å². The average molecular weight is 515 g/mol. The molecule has 1 aromatic carbocycles. The number of nitriles is 1. The number of rotatable bonds is 6. The standard InChI is InChI=1S/C25H24F3N5O4/c26-25(27,28)19-11-16(1-2-20(19)37-10-6-15-3-7-32(8-4-15)24(34)35)22-18-5-9-33(17-13-36-14-17)23(18)31-21(12-29)30-22/h1-2,5,9,11,15,17H,3-4,6-8,10,13-14H2,(H,34,35). The third-order valence-corrected chi connectivity index (χ3v) is 6.91. The van der Waals surface area contributed by atoms with E-state index in [1.165, 1.54) is 17.0 Å². The van der Waals surface area contributed by atoms with E-state index in [0.29, 0.717) is 56.6 Å². The molecule has 0 bridgehead atoms. The highest BCUT2D eigenvalue weighted by atomic mass is 19.4. The highest BCUT2D eigenvalue weighted by Gasteiger charge is 2.35. The van der Waals surface area contributed by atoms with Crippen molar-refractivity contribution in [2.24, 2.45) is 5.92 Å². The minimum atomic E-state index is -4.67. The Bertz CT molecular complexity index is 1350. The molecule has 1 N–H and O–H groups in total. The molecule has 2 aliphatic rings. The molecule has 0 atom stereocenters. The Morgan fingerprint density at radius 1 is 1.22 bits per heavy atom. The second kappa shape index (κ2) is 9.89. The number of aromatic nitrogens is 3. The molecule has 2 aromatic heterocycles. The number of hydrogen-bond acceptors (Lipinski definition) is 6. The van der Waals surface area contributed by atoms with Gasteiger partial charge in [-0.3, -0.25) is 0 Å². The van der Waals surface area contributed by atoms with E-state index < -0.39 is 17.8 Å². The van der Waals surface area contributed by atoms with Crippen molar-refractivity contribution in [3.63, 3.8) is 0 Å². The van der Waals surface area contributed by atoms with Gasteiger partial charge >= 0.3 is 12.3 Å². The van der Waals surface area contributed by atoms with Gasteiger partial charge in [-0.25, -0.2) is 14.8 Å². The smallest absolute Gasteiger partial charge is 0.419 e. The van der Waals surface area contributed by atoms with Crippen molar-refractivity contribution in [2.75, 3.05) is 32.9 Å². The van der Waals surface area contributed by atoms with Crippen LogP contribution in [-0.4, -0.2) is 63.5 Å². The van der Waals surface area contributed by atoms with Gasteiger partial charge < -0.3 is 24.0 Å². The van der Waals surface area contributed by atoms with E-state index in [1.54, 1.807) is 12.3 Å². The van der Waals surface area contributed by atoms with E-state index in [9.17, 15) is 23.2 Å². The molecule has 5 rings (SSSR count). The Morgan fingerprint density at radius 3 is 2.59 bits per heavy atom. The molecule has 194 valence electrons. The fourth-order valence-electron chi connectivity index (χ4n) is 4.76. The van der Waals surface area contributed by atoms with Gasteiger partial charge in [0.15, 0.2) is 0 Å². The quantitative estimate of drug-likeness (QED) is 0.505. The van der Waals surface area contributed by atoms with Gasteiger partial charge in [-0.2, -0.15) is 18.4 Å². The van der Waals surface area contributed by atoms with Crippen LogP contribution in [0, 0.1) is 17.2 Å². The van der Waals surface area contributed by atoms with Gasteiger partial charge in [-0.15, -0.1) is 0 Å². The number of alkyl halides is 3. The Morgan fingerprint density at radius 2 is 1.97 bits per heavy atom. The summed E-state index contributed by atoms with van der Waals surface area (Å²) in [7, 11) is 0. The minimum Gasteiger partial charge on any atom is -0.493 e. The van der Waals surface area contributed by atoms with Crippen molar-refractivity contribution < 1.29 is 32.5 Å². The number of hydrogen-bond donors (Lipinski definition) is 1. The molecule has 1 amide bonds.